The summed E-state index contributed by atoms with van der Waals surface area (Å²) in [6.45, 7) is 1.76. The van der Waals surface area contributed by atoms with Crippen LogP contribution in [0.2, 0.25) is 5.02 Å². The summed E-state index contributed by atoms with van der Waals surface area (Å²) in [5.74, 6) is -0.187. The molecule has 45 heavy (non-hydrogen) atoms. The summed E-state index contributed by atoms with van der Waals surface area (Å²) in [7, 11) is -4.34. The minimum atomic E-state index is -4.34. The molecule has 7 rings (SSSR count). The molecule has 5 aromatic carbocycles. The molecule has 0 bridgehead atoms. The summed E-state index contributed by atoms with van der Waals surface area (Å²) in [5.41, 5.74) is 3.18. The van der Waals surface area contributed by atoms with E-state index in [0.717, 1.165) is 22.4 Å². The van der Waals surface area contributed by atoms with Gasteiger partial charge in [-0.2, -0.15) is 13.5 Å². The quantitative estimate of drug-likeness (QED) is 0.189. The Morgan fingerprint density at radius 3 is 2.09 bits per heavy atom. The van der Waals surface area contributed by atoms with Crippen LogP contribution in [0.3, 0.4) is 0 Å². The Bertz CT molecular complexity index is 2120. The van der Waals surface area contributed by atoms with Crippen molar-refractivity contribution in [3.8, 4) is 0 Å². The number of aryl methyl sites for hydroxylation is 1. The topological polar surface area (TPSA) is 71.3 Å². The molecule has 0 aromatic heterocycles. The maximum Gasteiger partial charge on any atom is 0.285 e. The summed E-state index contributed by atoms with van der Waals surface area (Å²) >= 11 is 6.36. The van der Waals surface area contributed by atoms with Crippen molar-refractivity contribution >= 4 is 44.7 Å². The van der Waals surface area contributed by atoms with Crippen molar-refractivity contribution < 1.29 is 14.5 Å². The van der Waals surface area contributed by atoms with Gasteiger partial charge >= 0.3 is 0 Å². The van der Waals surface area contributed by atoms with Gasteiger partial charge in [-0.25, -0.2) is 5.01 Å². The maximum atomic E-state index is 14.1. The number of rotatable bonds is 6. The van der Waals surface area contributed by atoms with Crippen molar-refractivity contribution in [2.24, 2.45) is 9.50 Å². The van der Waals surface area contributed by atoms with E-state index in [1.165, 1.54) is 12.1 Å². The van der Waals surface area contributed by atoms with Crippen LogP contribution in [0.5, 0.6) is 0 Å². The molecule has 0 amide bonds. The third-order valence-electron chi connectivity index (χ3n) is 7.94. The van der Waals surface area contributed by atoms with Crippen LogP contribution in [0.4, 0.5) is 5.69 Å². The molecule has 0 N–H and O–H groups in total. The molecule has 222 valence electrons. The van der Waals surface area contributed by atoms with Crippen LogP contribution in [0.25, 0.3) is 5.76 Å². The van der Waals surface area contributed by atoms with E-state index in [9.17, 15) is 8.42 Å². The first-order chi connectivity index (χ1) is 22.3. The number of benzene rings is 5. The number of hydrazone groups is 1. The predicted molar refractivity (Wildman–Crippen MR) is 180 cm³/mol. The second-order valence-corrected chi connectivity index (χ2v) is 12.9. The number of anilines is 1. The van der Waals surface area contributed by atoms with Crippen molar-refractivity contribution in [1.29, 1.82) is 0 Å². The molecule has 0 radical (unpaired) electrons. The van der Waals surface area contributed by atoms with Gasteiger partial charge in [0.15, 0.2) is 5.54 Å². The molecule has 0 fully saturated rings. The first-order valence-corrected chi connectivity index (χ1v) is 16.2. The van der Waals surface area contributed by atoms with Crippen LogP contribution < -0.4 is 5.01 Å². The molecule has 0 saturated heterocycles. The minimum absolute atomic E-state index is 0.0584. The number of ether oxygens (including phenoxy) is 1. The molecule has 2 aliphatic heterocycles. The van der Waals surface area contributed by atoms with Gasteiger partial charge in [0.1, 0.15) is 5.76 Å². The molecule has 5 aromatic rings. The maximum absolute atomic E-state index is 14.1. The monoisotopic (exact) mass is 630 g/mol. The third kappa shape index (κ3) is 5.24. The number of para-hydroxylation sites is 1. The van der Waals surface area contributed by atoms with Crippen molar-refractivity contribution in [2.75, 3.05) is 5.01 Å². The Kier molecular flexibility index (Phi) is 7.05. The highest BCUT2D eigenvalue weighted by Gasteiger charge is 2.60. The largest absolute Gasteiger partial charge is 0.439 e. The number of nitrogens with zero attached hydrogens (tertiary/aromatic N) is 3. The molecule has 2 heterocycles. The fraction of sp³-hybridized carbons (Fsp3) is 0.0811. The highest BCUT2D eigenvalue weighted by atomic mass is 35.5. The first kappa shape index (κ1) is 27.6. The van der Waals surface area contributed by atoms with Gasteiger partial charge in [0.25, 0.3) is 10.0 Å². The Morgan fingerprint density at radius 1 is 0.822 bits per heavy atom. The molecular weight excluding hydrogens is 602 g/mol. The predicted octanol–water partition coefficient (Wildman–Crippen LogP) is 8.25. The van der Waals surface area contributed by atoms with E-state index in [4.69, 9.17) is 22.8 Å². The Morgan fingerprint density at radius 2 is 1.44 bits per heavy atom. The van der Waals surface area contributed by atoms with E-state index in [1.54, 1.807) is 13.0 Å². The molecule has 6 nitrogen and oxygen atoms in total. The lowest BCUT2D eigenvalue weighted by molar-refractivity contribution is 0.474. The summed E-state index contributed by atoms with van der Waals surface area (Å²) in [6.07, 6.45) is 1.92. The Balaban J connectivity index is 1.55. The SMILES string of the molecule is [2H]c1cc(S(=O)(=O)N=C2OC(c3ccccc3)=CC23C(c2ccc(Cl)cc2)C(c2ccccc2)=NN3c2ccccc2)ccc1C. The van der Waals surface area contributed by atoms with Crippen molar-refractivity contribution in [1.82, 2.24) is 0 Å². The van der Waals surface area contributed by atoms with Crippen LogP contribution in [-0.4, -0.2) is 25.6 Å². The fourth-order valence-corrected chi connectivity index (χ4v) is 6.88. The molecule has 2 aliphatic rings. The molecule has 0 saturated carbocycles. The Labute approximate surface area is 269 Å². The van der Waals surface area contributed by atoms with E-state index >= 15 is 0 Å². The summed E-state index contributed by atoms with van der Waals surface area (Å²) < 4.78 is 47.4. The second kappa shape index (κ2) is 11.5. The van der Waals surface area contributed by atoms with Gasteiger partial charge in [0, 0.05) is 10.6 Å². The van der Waals surface area contributed by atoms with E-state index in [0.29, 0.717) is 22.1 Å². The van der Waals surface area contributed by atoms with Crippen LogP contribution in [0, 0.1) is 6.92 Å². The molecule has 8 heteroatoms. The van der Waals surface area contributed by atoms with Crippen molar-refractivity contribution in [3.63, 3.8) is 0 Å². The van der Waals surface area contributed by atoms with E-state index in [-0.39, 0.29) is 16.8 Å². The van der Waals surface area contributed by atoms with Crippen LogP contribution in [0.15, 0.2) is 160 Å². The van der Waals surface area contributed by atoms with Crippen molar-refractivity contribution in [3.05, 3.63) is 173 Å². The van der Waals surface area contributed by atoms with Gasteiger partial charge in [-0.1, -0.05) is 120 Å². The van der Waals surface area contributed by atoms with Gasteiger partial charge in [-0.15, -0.1) is 4.40 Å². The van der Waals surface area contributed by atoms with E-state index < -0.39 is 21.5 Å². The van der Waals surface area contributed by atoms with Crippen LogP contribution in [-0.2, 0) is 14.8 Å². The smallest absolute Gasteiger partial charge is 0.285 e. The van der Waals surface area contributed by atoms with E-state index in [1.807, 2.05) is 126 Å². The zero-order valence-corrected chi connectivity index (χ0v) is 25.8. The Hall–Kier alpha value is -4.98. The molecule has 2 atom stereocenters. The lowest BCUT2D eigenvalue weighted by Crippen LogP contribution is -2.51. The average Bonchev–Trinajstić information content (AvgIpc) is 3.62. The van der Waals surface area contributed by atoms with Gasteiger partial charge in [-0.05, 0) is 60.5 Å². The summed E-state index contributed by atoms with van der Waals surface area (Å²) in [4.78, 5) is -0.0981. The fourth-order valence-electron chi connectivity index (χ4n) is 5.80. The van der Waals surface area contributed by atoms with Gasteiger partial charge < -0.3 is 4.74 Å². The lowest BCUT2D eigenvalue weighted by atomic mass is 9.75. The van der Waals surface area contributed by atoms with Crippen molar-refractivity contribution in [2.45, 2.75) is 23.3 Å². The lowest BCUT2D eigenvalue weighted by Gasteiger charge is -2.36. The van der Waals surface area contributed by atoms with Gasteiger partial charge in [-0.3, -0.25) is 0 Å². The highest BCUT2D eigenvalue weighted by molar-refractivity contribution is 7.90. The standard InChI is InChI=1S/C37H28ClN3O3S/c1-26-17-23-32(24-18-26)45(42,43)40-36-37(25-33(44-36)27-11-5-2-6-12-27)34(28-19-21-30(38)22-20-28)35(29-13-7-3-8-14-29)39-41(37)31-15-9-4-10-16-31/h2-25,34H,1H3/i17D. The molecular formula is C37H28ClN3O3S. The number of halogens is 1. The first-order valence-electron chi connectivity index (χ1n) is 14.9. The highest BCUT2D eigenvalue weighted by Crippen LogP contribution is 2.51. The minimum Gasteiger partial charge on any atom is -0.439 e. The van der Waals surface area contributed by atoms with E-state index in [2.05, 4.69) is 4.40 Å². The third-order valence-corrected chi connectivity index (χ3v) is 9.45. The zero-order valence-electron chi connectivity index (χ0n) is 25.2. The number of sulfonamides is 1. The number of hydrogen-bond acceptors (Lipinski definition) is 5. The normalized spacial score (nSPS) is 20.6. The van der Waals surface area contributed by atoms with Crippen LogP contribution >= 0.6 is 11.6 Å². The molecule has 1 spiro atoms. The summed E-state index contributed by atoms with van der Waals surface area (Å²) in [6, 6.07) is 40.8. The summed E-state index contributed by atoms with van der Waals surface area (Å²) in [5, 5.41) is 7.62. The average molecular weight is 631 g/mol. The molecule has 2 unspecified atom stereocenters. The molecule has 0 aliphatic carbocycles. The van der Waals surface area contributed by atoms with Gasteiger partial charge in [0.2, 0.25) is 5.90 Å². The number of hydrogen-bond donors (Lipinski definition) is 0. The van der Waals surface area contributed by atoms with Crippen LogP contribution in [0.1, 0.15) is 29.5 Å². The zero-order chi connectivity index (χ0) is 31.9. The second-order valence-electron chi connectivity index (χ2n) is 10.9. The van der Waals surface area contributed by atoms with Gasteiger partial charge in [0.05, 0.1) is 23.6 Å².